The fourth-order valence-electron chi connectivity index (χ4n) is 1.29. The number of rotatable bonds is 4. The van der Waals surface area contributed by atoms with Gasteiger partial charge in [-0.15, -0.1) is 0 Å². The molecule has 0 spiro atoms. The van der Waals surface area contributed by atoms with E-state index in [0.717, 1.165) is 5.56 Å². The van der Waals surface area contributed by atoms with Crippen LogP contribution in [0.15, 0.2) is 24.3 Å². The lowest BCUT2D eigenvalue weighted by atomic mass is 10.0. The highest BCUT2D eigenvalue weighted by molar-refractivity contribution is 7.80. The normalized spacial score (nSPS) is 11.0. The van der Waals surface area contributed by atoms with Crippen molar-refractivity contribution in [1.29, 1.82) is 0 Å². The van der Waals surface area contributed by atoms with Crippen LogP contribution in [-0.2, 0) is 11.2 Å². The van der Waals surface area contributed by atoms with E-state index in [9.17, 15) is 4.79 Å². The first kappa shape index (κ1) is 13.9. The Morgan fingerprint density at radius 2 is 2.18 bits per heavy atom. The summed E-state index contributed by atoms with van der Waals surface area (Å²) < 4.78 is 0. The van der Waals surface area contributed by atoms with Crippen LogP contribution in [0.1, 0.15) is 19.4 Å². The average molecular weight is 271 g/mol. The van der Waals surface area contributed by atoms with Crippen LogP contribution in [0.3, 0.4) is 0 Å². The Labute approximate surface area is 111 Å². The molecule has 0 unspecified atom stereocenters. The van der Waals surface area contributed by atoms with E-state index in [1.54, 1.807) is 26.0 Å². The van der Waals surface area contributed by atoms with Gasteiger partial charge in [0.2, 0.25) is 5.91 Å². The maximum absolute atomic E-state index is 11.8. The number of carbonyl (C=O) groups is 1. The highest BCUT2D eigenvalue weighted by atomic mass is 35.5. The molecule has 0 heterocycles. The SMILES string of the molecule is CC(C)(NC(=O)Cc1cccc(Cl)c1)C(N)=S. The number of benzene rings is 1. The maximum atomic E-state index is 11.8. The van der Waals surface area contributed by atoms with Gasteiger partial charge in [-0.1, -0.05) is 36.0 Å². The standard InChI is InChI=1S/C12H15ClN2OS/c1-12(2,11(14)17)15-10(16)7-8-4-3-5-9(13)6-8/h3-6H,7H2,1-2H3,(H2,14,17)(H,15,16). The zero-order chi connectivity index (χ0) is 13.1. The zero-order valence-corrected chi connectivity index (χ0v) is 11.4. The zero-order valence-electron chi connectivity index (χ0n) is 9.79. The van der Waals surface area contributed by atoms with Gasteiger partial charge in [-0.3, -0.25) is 4.79 Å². The van der Waals surface area contributed by atoms with Crippen LogP contribution < -0.4 is 11.1 Å². The molecular weight excluding hydrogens is 256 g/mol. The third-order valence-electron chi connectivity index (χ3n) is 2.32. The maximum Gasteiger partial charge on any atom is 0.225 e. The van der Waals surface area contributed by atoms with Crippen molar-refractivity contribution in [2.45, 2.75) is 25.8 Å². The molecule has 17 heavy (non-hydrogen) atoms. The first-order valence-corrected chi connectivity index (χ1v) is 5.95. The number of halogens is 1. The predicted molar refractivity (Wildman–Crippen MR) is 74.2 cm³/mol. The van der Waals surface area contributed by atoms with Gasteiger partial charge in [-0.2, -0.15) is 0 Å². The van der Waals surface area contributed by atoms with Crippen molar-refractivity contribution in [2.24, 2.45) is 5.73 Å². The monoisotopic (exact) mass is 270 g/mol. The molecular formula is C12H15ClN2OS. The fraction of sp³-hybridized carbons (Fsp3) is 0.333. The quantitative estimate of drug-likeness (QED) is 0.824. The molecule has 0 aliphatic rings. The molecule has 0 radical (unpaired) electrons. The first-order chi connectivity index (χ1) is 7.81. The van der Waals surface area contributed by atoms with Gasteiger partial charge in [0.15, 0.2) is 0 Å². The molecule has 1 amide bonds. The summed E-state index contributed by atoms with van der Waals surface area (Å²) in [4.78, 5) is 12.0. The number of hydrogen-bond donors (Lipinski definition) is 2. The van der Waals surface area contributed by atoms with Crippen LogP contribution in [0, 0.1) is 0 Å². The summed E-state index contributed by atoms with van der Waals surface area (Å²) in [6, 6.07) is 7.18. The van der Waals surface area contributed by atoms with E-state index in [4.69, 9.17) is 29.6 Å². The third-order valence-corrected chi connectivity index (χ3v) is 3.07. The first-order valence-electron chi connectivity index (χ1n) is 5.16. The summed E-state index contributed by atoms with van der Waals surface area (Å²) in [5.74, 6) is -0.134. The minimum Gasteiger partial charge on any atom is -0.391 e. The molecule has 3 N–H and O–H groups in total. The second-order valence-corrected chi connectivity index (χ2v) is 5.22. The topological polar surface area (TPSA) is 55.1 Å². The van der Waals surface area contributed by atoms with Gasteiger partial charge in [0.05, 0.1) is 16.9 Å². The van der Waals surface area contributed by atoms with Crippen LogP contribution in [-0.4, -0.2) is 16.4 Å². The van der Waals surface area contributed by atoms with Crippen molar-refractivity contribution < 1.29 is 4.79 Å². The molecule has 5 heteroatoms. The lowest BCUT2D eigenvalue weighted by Crippen LogP contribution is -2.52. The van der Waals surface area contributed by atoms with Gasteiger partial charge in [-0.05, 0) is 31.5 Å². The molecule has 0 atom stereocenters. The van der Waals surface area contributed by atoms with Gasteiger partial charge in [0.1, 0.15) is 0 Å². The van der Waals surface area contributed by atoms with Crippen LogP contribution >= 0.6 is 23.8 Å². The summed E-state index contributed by atoms with van der Waals surface area (Å²) in [7, 11) is 0. The second-order valence-electron chi connectivity index (χ2n) is 4.34. The van der Waals surface area contributed by atoms with Gasteiger partial charge >= 0.3 is 0 Å². The Morgan fingerprint density at radius 1 is 1.53 bits per heavy atom. The molecule has 92 valence electrons. The van der Waals surface area contributed by atoms with E-state index in [-0.39, 0.29) is 17.3 Å². The van der Waals surface area contributed by atoms with Crippen molar-refractivity contribution in [2.75, 3.05) is 0 Å². The van der Waals surface area contributed by atoms with Gasteiger partial charge in [0.25, 0.3) is 0 Å². The molecule has 0 aliphatic heterocycles. The van der Waals surface area contributed by atoms with E-state index in [0.29, 0.717) is 5.02 Å². The predicted octanol–water partition coefficient (Wildman–Crippen LogP) is 2.06. The Bertz CT molecular complexity index is 446. The number of hydrogen-bond acceptors (Lipinski definition) is 2. The lowest BCUT2D eigenvalue weighted by molar-refractivity contribution is -0.121. The molecule has 0 aliphatic carbocycles. The second kappa shape index (κ2) is 5.47. The van der Waals surface area contributed by atoms with Gasteiger partial charge in [0, 0.05) is 5.02 Å². The molecule has 0 fully saturated rings. The van der Waals surface area contributed by atoms with Crippen molar-refractivity contribution in [3.8, 4) is 0 Å². The van der Waals surface area contributed by atoms with Crippen molar-refractivity contribution in [3.05, 3.63) is 34.9 Å². The van der Waals surface area contributed by atoms with E-state index in [2.05, 4.69) is 5.32 Å². The number of carbonyl (C=O) groups excluding carboxylic acids is 1. The van der Waals surface area contributed by atoms with Crippen molar-refractivity contribution in [1.82, 2.24) is 5.32 Å². The van der Waals surface area contributed by atoms with Crippen LogP contribution in [0.2, 0.25) is 5.02 Å². The lowest BCUT2D eigenvalue weighted by Gasteiger charge is -2.24. The van der Waals surface area contributed by atoms with Crippen LogP contribution in [0.25, 0.3) is 0 Å². The minimum atomic E-state index is -0.676. The summed E-state index contributed by atoms with van der Waals surface area (Å²) >= 11 is 10.7. The Hall–Kier alpha value is -1.13. The van der Waals surface area contributed by atoms with Crippen LogP contribution in [0.5, 0.6) is 0 Å². The number of nitrogens with one attached hydrogen (secondary N) is 1. The van der Waals surface area contributed by atoms with E-state index in [1.165, 1.54) is 0 Å². The molecule has 0 saturated heterocycles. The Balaban J connectivity index is 2.65. The van der Waals surface area contributed by atoms with E-state index in [1.807, 2.05) is 12.1 Å². The molecule has 0 saturated carbocycles. The van der Waals surface area contributed by atoms with Crippen molar-refractivity contribution >= 4 is 34.7 Å². The summed E-state index contributed by atoms with van der Waals surface area (Å²) in [6.45, 7) is 3.54. The minimum absolute atomic E-state index is 0.134. The summed E-state index contributed by atoms with van der Waals surface area (Å²) in [6.07, 6.45) is 0.257. The van der Waals surface area contributed by atoms with E-state index < -0.39 is 5.54 Å². The molecule has 1 aromatic rings. The third kappa shape index (κ3) is 4.32. The molecule has 0 aromatic heterocycles. The number of amides is 1. The largest absolute Gasteiger partial charge is 0.391 e. The Kier molecular flexibility index (Phi) is 4.48. The summed E-state index contributed by atoms with van der Waals surface area (Å²) in [5.41, 5.74) is 5.71. The van der Waals surface area contributed by atoms with Gasteiger partial charge < -0.3 is 11.1 Å². The van der Waals surface area contributed by atoms with Crippen LogP contribution in [0.4, 0.5) is 0 Å². The average Bonchev–Trinajstić information content (AvgIpc) is 2.15. The highest BCUT2D eigenvalue weighted by Crippen LogP contribution is 2.11. The number of nitrogens with two attached hydrogens (primary N) is 1. The highest BCUT2D eigenvalue weighted by Gasteiger charge is 2.23. The molecule has 3 nitrogen and oxygen atoms in total. The van der Waals surface area contributed by atoms with Crippen molar-refractivity contribution in [3.63, 3.8) is 0 Å². The number of thiocarbonyl (C=S) groups is 1. The molecule has 0 bridgehead atoms. The molecule has 1 rings (SSSR count). The van der Waals surface area contributed by atoms with Gasteiger partial charge in [-0.25, -0.2) is 0 Å². The Morgan fingerprint density at radius 3 is 2.71 bits per heavy atom. The fourth-order valence-corrected chi connectivity index (χ4v) is 1.55. The van der Waals surface area contributed by atoms with E-state index >= 15 is 0 Å². The smallest absolute Gasteiger partial charge is 0.225 e. The summed E-state index contributed by atoms with van der Waals surface area (Å²) in [5, 5.41) is 3.39. The molecule has 1 aromatic carbocycles.